The van der Waals surface area contributed by atoms with Crippen LogP contribution in [0.5, 0.6) is 0 Å². The van der Waals surface area contributed by atoms with Gasteiger partial charge in [0.1, 0.15) is 12.2 Å². The largest absolute Gasteiger partial charge is 0.405 e. The summed E-state index contributed by atoms with van der Waals surface area (Å²) in [4.78, 5) is 45.0. The average Bonchev–Trinajstić information content (AvgIpc) is 3.12. The summed E-state index contributed by atoms with van der Waals surface area (Å²) in [6.07, 6.45) is 0.856. The molecule has 0 saturated carbocycles. The summed E-state index contributed by atoms with van der Waals surface area (Å²) in [7, 11) is 0. The average molecular weight is 435 g/mol. The number of halogens is 3. The molecule has 2 N–H and O–H groups in total. The second-order valence-corrected chi connectivity index (χ2v) is 7.69. The molecule has 4 rings (SSSR count). The Balaban J connectivity index is 1.61. The van der Waals surface area contributed by atoms with E-state index in [1.165, 1.54) is 17.0 Å². The van der Waals surface area contributed by atoms with E-state index in [0.717, 1.165) is 0 Å². The number of alkyl halides is 3. The molecule has 0 radical (unpaired) electrons. The highest BCUT2D eigenvalue weighted by atomic mass is 19.4. The molecule has 8 nitrogen and oxygen atoms in total. The summed E-state index contributed by atoms with van der Waals surface area (Å²) >= 11 is 0. The van der Waals surface area contributed by atoms with Gasteiger partial charge in [-0.2, -0.15) is 13.2 Å². The lowest BCUT2D eigenvalue weighted by Gasteiger charge is -2.36. The Bertz CT molecular complexity index is 1000. The number of rotatable bonds is 3. The first kappa shape index (κ1) is 20.9. The standard InChI is InChI=1S/C20H20F3N5O3/c1-11-2-5-16(29)14(8-11)26-19(31)28-12-6-7-27(9-12)15-4-3-13(25-17(15)28)18(30)24-10-20(21,22)23/h2-5,8,11-12H,6-7,9-10H2,1H3,(H,24,30)(H,26,31)/t11?,12-/m0/s1. The SMILES string of the molecule is CC1C=CC(=O)C(NC(=O)N2c3nc(C(=O)NCC(F)(F)F)ccc3N3CC[C@H]2C3)=C1. The molecule has 1 aromatic rings. The van der Waals surface area contributed by atoms with Gasteiger partial charge in [-0.1, -0.05) is 19.1 Å². The smallest absolute Gasteiger partial charge is 0.366 e. The molecule has 164 valence electrons. The van der Waals surface area contributed by atoms with Gasteiger partial charge in [-0.25, -0.2) is 9.78 Å². The summed E-state index contributed by atoms with van der Waals surface area (Å²) in [5.74, 6) is -1.16. The van der Waals surface area contributed by atoms with Gasteiger partial charge in [0.15, 0.2) is 5.82 Å². The molecule has 31 heavy (non-hydrogen) atoms. The number of allylic oxidation sites excluding steroid dienone is 3. The Labute approximate surface area is 175 Å². The Morgan fingerprint density at radius 1 is 1.29 bits per heavy atom. The second kappa shape index (κ2) is 7.71. The summed E-state index contributed by atoms with van der Waals surface area (Å²) in [6, 6.07) is 2.09. The number of hydrogen-bond donors (Lipinski definition) is 2. The number of fused-ring (bicyclic) bond motifs is 4. The number of nitrogens with zero attached hydrogens (tertiary/aromatic N) is 3. The molecule has 1 aliphatic carbocycles. The lowest BCUT2D eigenvalue weighted by molar-refractivity contribution is -0.123. The first-order chi connectivity index (χ1) is 14.6. The fourth-order valence-corrected chi connectivity index (χ4v) is 3.88. The van der Waals surface area contributed by atoms with Crippen LogP contribution in [0.4, 0.5) is 29.5 Å². The number of pyridine rings is 1. The summed E-state index contributed by atoms with van der Waals surface area (Å²) < 4.78 is 37.3. The molecule has 3 amide bonds. The fourth-order valence-electron chi connectivity index (χ4n) is 3.88. The fraction of sp³-hybridized carbons (Fsp3) is 0.400. The minimum Gasteiger partial charge on any atom is -0.366 e. The summed E-state index contributed by atoms with van der Waals surface area (Å²) in [6.45, 7) is 1.62. The number of carbonyl (C=O) groups is 3. The van der Waals surface area contributed by atoms with Crippen LogP contribution in [0.3, 0.4) is 0 Å². The minimum atomic E-state index is -4.55. The van der Waals surface area contributed by atoms with Gasteiger partial charge in [-0.15, -0.1) is 0 Å². The zero-order valence-electron chi connectivity index (χ0n) is 16.6. The molecule has 3 aliphatic rings. The zero-order chi connectivity index (χ0) is 22.3. The molecule has 11 heteroatoms. The van der Waals surface area contributed by atoms with E-state index in [2.05, 4.69) is 10.3 Å². The van der Waals surface area contributed by atoms with Crippen LogP contribution in [0.1, 0.15) is 23.8 Å². The van der Waals surface area contributed by atoms with Crippen molar-refractivity contribution in [3.63, 3.8) is 0 Å². The van der Waals surface area contributed by atoms with E-state index in [1.54, 1.807) is 23.5 Å². The van der Waals surface area contributed by atoms with Crippen LogP contribution in [0.25, 0.3) is 0 Å². The van der Waals surface area contributed by atoms with Crippen molar-refractivity contribution in [1.29, 1.82) is 0 Å². The first-order valence-corrected chi connectivity index (χ1v) is 9.78. The van der Waals surface area contributed by atoms with Gasteiger partial charge >= 0.3 is 12.2 Å². The van der Waals surface area contributed by atoms with Crippen molar-refractivity contribution in [3.05, 3.63) is 41.8 Å². The predicted octanol–water partition coefficient (Wildman–Crippen LogP) is 2.14. The van der Waals surface area contributed by atoms with Gasteiger partial charge in [0.2, 0.25) is 5.78 Å². The van der Waals surface area contributed by atoms with Gasteiger partial charge in [0.05, 0.1) is 17.4 Å². The van der Waals surface area contributed by atoms with E-state index in [-0.39, 0.29) is 35.0 Å². The van der Waals surface area contributed by atoms with E-state index in [4.69, 9.17) is 0 Å². The summed E-state index contributed by atoms with van der Waals surface area (Å²) in [5.41, 5.74) is 0.530. The van der Waals surface area contributed by atoms with E-state index >= 15 is 0 Å². The highest BCUT2D eigenvalue weighted by Crippen LogP contribution is 2.39. The van der Waals surface area contributed by atoms with Crippen molar-refractivity contribution >= 4 is 29.2 Å². The third-order valence-corrected chi connectivity index (χ3v) is 5.34. The van der Waals surface area contributed by atoms with Crippen LogP contribution in [-0.2, 0) is 4.79 Å². The van der Waals surface area contributed by atoms with E-state index in [0.29, 0.717) is 25.2 Å². The van der Waals surface area contributed by atoms with Crippen LogP contribution in [0.15, 0.2) is 36.1 Å². The number of anilines is 2. The molecule has 2 aliphatic heterocycles. The van der Waals surface area contributed by atoms with Crippen LogP contribution in [0.2, 0.25) is 0 Å². The zero-order valence-corrected chi connectivity index (χ0v) is 16.6. The number of hydrogen-bond acceptors (Lipinski definition) is 5. The van der Waals surface area contributed by atoms with Crippen LogP contribution in [-0.4, -0.2) is 54.6 Å². The number of urea groups is 1. The second-order valence-electron chi connectivity index (χ2n) is 7.69. The third kappa shape index (κ3) is 4.25. The maximum atomic E-state index is 13.1. The Kier molecular flexibility index (Phi) is 5.19. The topological polar surface area (TPSA) is 94.6 Å². The maximum Gasteiger partial charge on any atom is 0.405 e. The van der Waals surface area contributed by atoms with Crippen molar-refractivity contribution < 1.29 is 27.6 Å². The molecular formula is C20H20F3N5O3. The first-order valence-electron chi connectivity index (χ1n) is 9.78. The molecule has 2 atom stereocenters. The third-order valence-electron chi connectivity index (χ3n) is 5.34. The molecule has 1 saturated heterocycles. The van der Waals surface area contributed by atoms with Gasteiger partial charge in [-0.3, -0.25) is 14.5 Å². The predicted molar refractivity (Wildman–Crippen MR) is 106 cm³/mol. The lowest BCUT2D eigenvalue weighted by Crippen LogP contribution is -2.51. The molecule has 1 aromatic heterocycles. The normalized spacial score (nSPS) is 22.2. The van der Waals surface area contributed by atoms with Crippen molar-refractivity contribution in [3.8, 4) is 0 Å². The van der Waals surface area contributed by atoms with E-state index in [1.807, 2.05) is 11.8 Å². The molecule has 1 unspecified atom stereocenters. The minimum absolute atomic E-state index is 0.0225. The lowest BCUT2D eigenvalue weighted by atomic mass is 10.0. The molecule has 1 fully saturated rings. The number of amides is 3. The number of aromatic nitrogens is 1. The van der Waals surface area contributed by atoms with Gasteiger partial charge in [-0.05, 0) is 30.5 Å². The molecular weight excluding hydrogens is 415 g/mol. The summed E-state index contributed by atoms with van der Waals surface area (Å²) in [5, 5.41) is 4.41. The quantitative estimate of drug-likeness (QED) is 0.759. The van der Waals surface area contributed by atoms with Crippen LogP contribution in [0, 0.1) is 5.92 Å². The number of carbonyl (C=O) groups excluding carboxylic acids is 3. The van der Waals surface area contributed by atoms with Crippen LogP contribution < -0.4 is 20.4 Å². The molecule has 3 heterocycles. The number of ketones is 1. The van der Waals surface area contributed by atoms with E-state index in [9.17, 15) is 27.6 Å². The van der Waals surface area contributed by atoms with Crippen molar-refractivity contribution in [1.82, 2.24) is 15.6 Å². The van der Waals surface area contributed by atoms with Gasteiger partial charge in [0, 0.05) is 13.1 Å². The Morgan fingerprint density at radius 3 is 2.81 bits per heavy atom. The maximum absolute atomic E-state index is 13.1. The Morgan fingerprint density at radius 2 is 2.06 bits per heavy atom. The highest BCUT2D eigenvalue weighted by Gasteiger charge is 2.41. The monoisotopic (exact) mass is 435 g/mol. The van der Waals surface area contributed by atoms with Crippen molar-refractivity contribution in [2.24, 2.45) is 5.92 Å². The van der Waals surface area contributed by atoms with Crippen LogP contribution >= 0.6 is 0 Å². The van der Waals surface area contributed by atoms with Crippen molar-refractivity contribution in [2.45, 2.75) is 25.6 Å². The molecule has 2 bridgehead atoms. The molecule has 0 aromatic carbocycles. The Hall–Kier alpha value is -3.37. The van der Waals surface area contributed by atoms with E-state index < -0.39 is 24.7 Å². The molecule has 0 spiro atoms. The highest BCUT2D eigenvalue weighted by molar-refractivity contribution is 6.09. The van der Waals surface area contributed by atoms with Gasteiger partial charge in [0.25, 0.3) is 5.91 Å². The number of nitrogens with one attached hydrogen (secondary N) is 2. The van der Waals surface area contributed by atoms with Crippen molar-refractivity contribution in [2.75, 3.05) is 29.4 Å². The van der Waals surface area contributed by atoms with Gasteiger partial charge < -0.3 is 15.5 Å².